The van der Waals surface area contributed by atoms with Crippen LogP contribution in [-0.2, 0) is 23.9 Å². The third-order valence-electron chi connectivity index (χ3n) is 1.67. The fraction of sp³-hybridized carbons (Fsp3) is 0.545. The monoisotopic (exact) mass is 243 g/mol. The van der Waals surface area contributed by atoms with Gasteiger partial charge >= 0.3 is 11.9 Å². The van der Waals surface area contributed by atoms with Crippen molar-refractivity contribution in [3.63, 3.8) is 0 Å². The Hall–Kier alpha value is -1.85. The van der Waals surface area contributed by atoms with Gasteiger partial charge in [0.05, 0.1) is 13.2 Å². The van der Waals surface area contributed by atoms with E-state index in [1.807, 2.05) is 0 Å². The van der Waals surface area contributed by atoms with Gasteiger partial charge < -0.3 is 14.8 Å². The van der Waals surface area contributed by atoms with Crippen molar-refractivity contribution >= 4 is 17.7 Å². The van der Waals surface area contributed by atoms with Crippen LogP contribution in [0.4, 0.5) is 0 Å². The molecule has 17 heavy (non-hydrogen) atoms. The summed E-state index contributed by atoms with van der Waals surface area (Å²) in [6.07, 6.45) is 1.16. The summed E-state index contributed by atoms with van der Waals surface area (Å²) in [7, 11) is 0. The van der Waals surface area contributed by atoms with Crippen molar-refractivity contribution in [2.24, 2.45) is 0 Å². The topological polar surface area (TPSA) is 81.7 Å². The maximum absolute atomic E-state index is 11.3. The van der Waals surface area contributed by atoms with Crippen LogP contribution in [0.15, 0.2) is 11.8 Å². The van der Waals surface area contributed by atoms with Crippen molar-refractivity contribution in [3.8, 4) is 0 Å². The van der Waals surface area contributed by atoms with Gasteiger partial charge in [-0.25, -0.2) is 4.79 Å². The minimum absolute atomic E-state index is 0.107. The van der Waals surface area contributed by atoms with Gasteiger partial charge in [0.15, 0.2) is 5.78 Å². The zero-order valence-corrected chi connectivity index (χ0v) is 10.2. The molecule has 0 heterocycles. The molecule has 0 saturated carbocycles. The van der Waals surface area contributed by atoms with Gasteiger partial charge in [0.25, 0.3) is 0 Å². The number of hydrogen-bond donors (Lipinski definition) is 1. The first-order valence-electron chi connectivity index (χ1n) is 5.30. The predicted octanol–water partition coefficient (Wildman–Crippen LogP) is 0.175. The zero-order valence-electron chi connectivity index (χ0n) is 10.2. The van der Waals surface area contributed by atoms with E-state index < -0.39 is 17.7 Å². The second-order valence-electron chi connectivity index (χ2n) is 3.02. The second kappa shape index (κ2) is 8.32. The molecule has 0 radical (unpaired) electrons. The summed E-state index contributed by atoms with van der Waals surface area (Å²) < 4.78 is 9.35. The Bertz CT molecular complexity index is 322. The number of Topliss-reactive ketones (excluding diaryl/α,β-unsaturated/α-hetero) is 1. The first kappa shape index (κ1) is 15.2. The number of carbonyl (C=O) groups excluding carboxylic acids is 3. The highest BCUT2D eigenvalue weighted by Crippen LogP contribution is 1.98. The van der Waals surface area contributed by atoms with E-state index in [9.17, 15) is 14.4 Å². The largest absolute Gasteiger partial charge is 0.465 e. The SMILES string of the molecule is CCOC(=O)CN/C=C(\C(C)=O)C(=O)OCC. The standard InChI is InChI=1S/C11H17NO5/c1-4-16-10(14)7-12-6-9(8(3)13)11(15)17-5-2/h6,12H,4-5,7H2,1-3H3/b9-6+. The number of hydrogen-bond acceptors (Lipinski definition) is 6. The van der Waals surface area contributed by atoms with Gasteiger partial charge in [0.1, 0.15) is 12.1 Å². The average Bonchev–Trinajstić information content (AvgIpc) is 2.24. The Morgan fingerprint density at radius 3 is 2.18 bits per heavy atom. The lowest BCUT2D eigenvalue weighted by atomic mass is 10.2. The fourth-order valence-corrected chi connectivity index (χ4v) is 0.962. The van der Waals surface area contributed by atoms with Gasteiger partial charge in [0.2, 0.25) is 0 Å². The molecule has 0 rings (SSSR count). The highest BCUT2D eigenvalue weighted by Gasteiger charge is 2.15. The Morgan fingerprint density at radius 1 is 1.12 bits per heavy atom. The molecule has 0 saturated heterocycles. The van der Waals surface area contributed by atoms with E-state index in [0.717, 1.165) is 6.20 Å². The van der Waals surface area contributed by atoms with Crippen LogP contribution in [0.5, 0.6) is 0 Å². The van der Waals surface area contributed by atoms with Crippen LogP contribution in [0.1, 0.15) is 20.8 Å². The van der Waals surface area contributed by atoms with E-state index in [4.69, 9.17) is 0 Å². The predicted molar refractivity (Wildman–Crippen MR) is 60.0 cm³/mol. The molecule has 0 aromatic heterocycles. The van der Waals surface area contributed by atoms with E-state index in [2.05, 4.69) is 14.8 Å². The molecule has 0 fully saturated rings. The molecular weight excluding hydrogens is 226 g/mol. The molecule has 6 nitrogen and oxygen atoms in total. The molecule has 0 atom stereocenters. The van der Waals surface area contributed by atoms with Crippen molar-refractivity contribution in [1.82, 2.24) is 5.32 Å². The summed E-state index contributed by atoms with van der Waals surface area (Å²) in [5, 5.41) is 2.53. The zero-order chi connectivity index (χ0) is 13.3. The molecule has 0 aromatic carbocycles. The van der Waals surface area contributed by atoms with Gasteiger partial charge in [-0.15, -0.1) is 0 Å². The van der Waals surface area contributed by atoms with E-state index in [-0.39, 0.29) is 25.3 Å². The van der Waals surface area contributed by atoms with Gasteiger partial charge in [-0.2, -0.15) is 0 Å². The van der Waals surface area contributed by atoms with Gasteiger partial charge in [-0.1, -0.05) is 0 Å². The lowest BCUT2D eigenvalue weighted by molar-refractivity contribution is -0.142. The van der Waals surface area contributed by atoms with Crippen molar-refractivity contribution in [2.45, 2.75) is 20.8 Å². The number of rotatable bonds is 7. The van der Waals surface area contributed by atoms with Crippen LogP contribution < -0.4 is 5.32 Å². The Labute approximate surface area is 100.0 Å². The van der Waals surface area contributed by atoms with Gasteiger partial charge in [0, 0.05) is 6.20 Å². The molecule has 0 aliphatic carbocycles. The van der Waals surface area contributed by atoms with E-state index >= 15 is 0 Å². The molecule has 0 aliphatic heterocycles. The summed E-state index contributed by atoms with van der Waals surface area (Å²) in [6.45, 7) is 4.93. The number of nitrogens with one attached hydrogen (secondary N) is 1. The Morgan fingerprint density at radius 2 is 1.71 bits per heavy atom. The molecule has 0 bridgehead atoms. The molecule has 0 aromatic rings. The molecule has 0 spiro atoms. The fourth-order valence-electron chi connectivity index (χ4n) is 0.962. The molecule has 96 valence electrons. The lowest BCUT2D eigenvalue weighted by Crippen LogP contribution is -2.23. The van der Waals surface area contributed by atoms with Crippen LogP contribution in [0.3, 0.4) is 0 Å². The second-order valence-corrected chi connectivity index (χ2v) is 3.02. The van der Waals surface area contributed by atoms with Crippen molar-refractivity contribution < 1.29 is 23.9 Å². The van der Waals surface area contributed by atoms with Crippen molar-refractivity contribution in [2.75, 3.05) is 19.8 Å². The minimum atomic E-state index is -0.712. The normalized spacial score (nSPS) is 10.6. The maximum Gasteiger partial charge on any atom is 0.343 e. The summed E-state index contributed by atoms with van der Waals surface area (Å²) in [6, 6.07) is 0. The molecule has 0 aliphatic rings. The van der Waals surface area contributed by atoms with Crippen molar-refractivity contribution in [1.29, 1.82) is 0 Å². The van der Waals surface area contributed by atoms with E-state index in [0.29, 0.717) is 0 Å². The van der Waals surface area contributed by atoms with Crippen LogP contribution in [0.2, 0.25) is 0 Å². The van der Waals surface area contributed by atoms with Crippen molar-refractivity contribution in [3.05, 3.63) is 11.8 Å². The quantitative estimate of drug-likeness (QED) is 0.297. The Balaban J connectivity index is 4.36. The summed E-state index contributed by atoms with van der Waals surface area (Å²) in [4.78, 5) is 33.4. The number of ether oxygens (including phenoxy) is 2. The number of esters is 2. The number of carbonyl (C=O) groups is 3. The highest BCUT2D eigenvalue weighted by atomic mass is 16.5. The van der Waals surface area contributed by atoms with Crippen LogP contribution in [0.25, 0.3) is 0 Å². The Kier molecular flexibility index (Phi) is 7.41. The molecule has 1 N–H and O–H groups in total. The summed E-state index contributed by atoms with van der Waals surface area (Å²) in [5.41, 5.74) is -0.129. The lowest BCUT2D eigenvalue weighted by Gasteiger charge is -2.05. The van der Waals surface area contributed by atoms with Crippen LogP contribution >= 0.6 is 0 Å². The minimum Gasteiger partial charge on any atom is -0.465 e. The maximum atomic E-state index is 11.3. The van der Waals surface area contributed by atoms with Gasteiger partial charge in [-0.05, 0) is 20.8 Å². The molecule has 0 unspecified atom stereocenters. The average molecular weight is 243 g/mol. The van der Waals surface area contributed by atoms with E-state index in [1.165, 1.54) is 6.92 Å². The van der Waals surface area contributed by atoms with Crippen LogP contribution in [0, 0.1) is 0 Å². The summed E-state index contributed by atoms with van der Waals surface area (Å²) in [5.74, 6) is -1.60. The highest BCUT2D eigenvalue weighted by molar-refractivity contribution is 6.16. The van der Waals surface area contributed by atoms with Gasteiger partial charge in [-0.3, -0.25) is 9.59 Å². The molecular formula is C11H17NO5. The molecule has 6 heteroatoms. The summed E-state index contributed by atoms with van der Waals surface area (Å²) >= 11 is 0. The van der Waals surface area contributed by atoms with E-state index in [1.54, 1.807) is 13.8 Å². The third kappa shape index (κ3) is 6.34. The first-order chi connectivity index (χ1) is 8.02. The first-order valence-corrected chi connectivity index (χ1v) is 5.30. The number of ketones is 1. The smallest absolute Gasteiger partial charge is 0.343 e. The van der Waals surface area contributed by atoms with Crippen LogP contribution in [-0.4, -0.2) is 37.5 Å². The molecule has 0 amide bonds. The third-order valence-corrected chi connectivity index (χ3v) is 1.67.